The van der Waals surface area contributed by atoms with E-state index in [1.54, 1.807) is 0 Å². The van der Waals surface area contributed by atoms with Gasteiger partial charge in [0.15, 0.2) is 5.96 Å². The molecule has 0 spiro atoms. The maximum absolute atomic E-state index is 5.91. The van der Waals surface area contributed by atoms with E-state index in [1.165, 1.54) is 19.3 Å². The van der Waals surface area contributed by atoms with E-state index in [9.17, 15) is 0 Å². The summed E-state index contributed by atoms with van der Waals surface area (Å²) in [6.45, 7) is 9.64. The Balaban J connectivity index is 1.88. The third kappa shape index (κ3) is 5.15. The van der Waals surface area contributed by atoms with Crippen LogP contribution in [0.15, 0.2) is 4.99 Å². The van der Waals surface area contributed by atoms with Crippen LogP contribution in [0.1, 0.15) is 46.0 Å². The molecule has 2 unspecified atom stereocenters. The predicted octanol–water partition coefficient (Wildman–Crippen LogP) is 2.02. The summed E-state index contributed by atoms with van der Waals surface area (Å²) in [7, 11) is 0. The van der Waals surface area contributed by atoms with Crippen LogP contribution in [0.3, 0.4) is 0 Å². The molecular weight excluding hydrogens is 266 g/mol. The van der Waals surface area contributed by atoms with Crippen LogP contribution in [0.2, 0.25) is 0 Å². The van der Waals surface area contributed by atoms with Gasteiger partial charge in [0.05, 0.1) is 12.7 Å². The highest BCUT2D eigenvalue weighted by Crippen LogP contribution is 2.21. The molecule has 0 bridgehead atoms. The average Bonchev–Trinajstić information content (AvgIpc) is 3.05. The van der Waals surface area contributed by atoms with Crippen molar-refractivity contribution in [1.29, 1.82) is 0 Å². The quantitative estimate of drug-likeness (QED) is 0.463. The SMILES string of the molecule is CCCCCN=C(NCC)N1CCOC(C2CCCO2)C1. The number of nitrogens with one attached hydrogen (secondary N) is 1. The number of hydrogen-bond donors (Lipinski definition) is 1. The van der Waals surface area contributed by atoms with Crippen LogP contribution in [0, 0.1) is 0 Å². The Kier molecular flexibility index (Phi) is 7.30. The van der Waals surface area contributed by atoms with Crippen molar-refractivity contribution in [3.63, 3.8) is 0 Å². The first kappa shape index (κ1) is 16.6. The van der Waals surface area contributed by atoms with Crippen molar-refractivity contribution in [2.75, 3.05) is 39.4 Å². The summed E-state index contributed by atoms with van der Waals surface area (Å²) in [6, 6.07) is 0. The molecule has 122 valence electrons. The van der Waals surface area contributed by atoms with Crippen LogP contribution in [-0.4, -0.2) is 62.5 Å². The summed E-state index contributed by atoms with van der Waals surface area (Å²) in [5.41, 5.74) is 0. The zero-order valence-electron chi connectivity index (χ0n) is 13.6. The molecule has 0 aromatic heterocycles. The zero-order chi connectivity index (χ0) is 14.9. The van der Waals surface area contributed by atoms with Gasteiger partial charge in [0.2, 0.25) is 0 Å². The summed E-state index contributed by atoms with van der Waals surface area (Å²) >= 11 is 0. The molecule has 5 heteroatoms. The predicted molar refractivity (Wildman–Crippen MR) is 85.8 cm³/mol. The van der Waals surface area contributed by atoms with E-state index in [2.05, 4.69) is 24.1 Å². The van der Waals surface area contributed by atoms with Gasteiger partial charge in [-0.3, -0.25) is 4.99 Å². The minimum atomic E-state index is 0.195. The molecule has 0 amide bonds. The van der Waals surface area contributed by atoms with E-state index < -0.39 is 0 Å². The number of aliphatic imine (C=N–C) groups is 1. The molecule has 0 aromatic carbocycles. The summed E-state index contributed by atoms with van der Waals surface area (Å²) in [5, 5.41) is 3.42. The molecule has 2 fully saturated rings. The molecule has 21 heavy (non-hydrogen) atoms. The first-order valence-electron chi connectivity index (χ1n) is 8.61. The average molecular weight is 297 g/mol. The lowest BCUT2D eigenvalue weighted by atomic mass is 10.1. The highest BCUT2D eigenvalue weighted by Gasteiger charge is 2.32. The third-order valence-electron chi connectivity index (χ3n) is 4.13. The summed E-state index contributed by atoms with van der Waals surface area (Å²) in [6.07, 6.45) is 6.43. The Morgan fingerprint density at radius 2 is 2.05 bits per heavy atom. The normalized spacial score (nSPS) is 27.1. The maximum atomic E-state index is 5.91. The molecule has 5 nitrogen and oxygen atoms in total. The smallest absolute Gasteiger partial charge is 0.194 e. The van der Waals surface area contributed by atoms with E-state index >= 15 is 0 Å². The van der Waals surface area contributed by atoms with Crippen LogP contribution in [0.5, 0.6) is 0 Å². The summed E-state index contributed by atoms with van der Waals surface area (Å²) < 4.78 is 11.7. The number of ether oxygens (including phenoxy) is 2. The minimum Gasteiger partial charge on any atom is -0.375 e. The molecule has 0 radical (unpaired) electrons. The van der Waals surface area contributed by atoms with Gasteiger partial charge in [-0.15, -0.1) is 0 Å². The highest BCUT2D eigenvalue weighted by molar-refractivity contribution is 5.80. The molecular formula is C16H31N3O2. The fourth-order valence-corrected chi connectivity index (χ4v) is 2.96. The first-order valence-corrected chi connectivity index (χ1v) is 8.61. The van der Waals surface area contributed by atoms with Crippen molar-refractivity contribution in [3.8, 4) is 0 Å². The third-order valence-corrected chi connectivity index (χ3v) is 4.13. The van der Waals surface area contributed by atoms with Gasteiger partial charge in [-0.25, -0.2) is 0 Å². The molecule has 0 saturated carbocycles. The lowest BCUT2D eigenvalue weighted by Crippen LogP contribution is -2.53. The van der Waals surface area contributed by atoms with Crippen molar-refractivity contribution in [3.05, 3.63) is 0 Å². The molecule has 2 aliphatic rings. The highest BCUT2D eigenvalue weighted by atomic mass is 16.5. The van der Waals surface area contributed by atoms with Crippen molar-refractivity contribution < 1.29 is 9.47 Å². The van der Waals surface area contributed by atoms with Gasteiger partial charge in [0.25, 0.3) is 0 Å². The molecule has 0 aliphatic carbocycles. The minimum absolute atomic E-state index is 0.195. The molecule has 2 aliphatic heterocycles. The number of morpholine rings is 1. The summed E-state index contributed by atoms with van der Waals surface area (Å²) in [5.74, 6) is 1.04. The van der Waals surface area contributed by atoms with Crippen molar-refractivity contribution in [2.24, 2.45) is 4.99 Å². The second kappa shape index (κ2) is 9.26. The molecule has 1 N–H and O–H groups in total. The van der Waals surface area contributed by atoms with E-state index in [0.717, 1.165) is 58.2 Å². The van der Waals surface area contributed by atoms with Gasteiger partial charge < -0.3 is 19.7 Å². The van der Waals surface area contributed by atoms with Crippen LogP contribution < -0.4 is 5.32 Å². The zero-order valence-corrected chi connectivity index (χ0v) is 13.6. The van der Waals surface area contributed by atoms with Gasteiger partial charge in [0.1, 0.15) is 6.10 Å². The van der Waals surface area contributed by atoms with Crippen LogP contribution >= 0.6 is 0 Å². The number of guanidine groups is 1. The Morgan fingerprint density at radius 3 is 2.76 bits per heavy atom. The van der Waals surface area contributed by atoms with Crippen molar-refractivity contribution >= 4 is 5.96 Å². The van der Waals surface area contributed by atoms with E-state index in [4.69, 9.17) is 14.5 Å². The fraction of sp³-hybridized carbons (Fsp3) is 0.938. The molecule has 2 atom stereocenters. The Hall–Kier alpha value is -0.810. The lowest BCUT2D eigenvalue weighted by molar-refractivity contribution is -0.0817. The second-order valence-electron chi connectivity index (χ2n) is 5.85. The van der Waals surface area contributed by atoms with Gasteiger partial charge >= 0.3 is 0 Å². The lowest BCUT2D eigenvalue weighted by Gasteiger charge is -2.37. The van der Waals surface area contributed by atoms with Crippen LogP contribution in [0.4, 0.5) is 0 Å². The molecule has 0 aromatic rings. The van der Waals surface area contributed by atoms with Gasteiger partial charge in [-0.05, 0) is 26.2 Å². The van der Waals surface area contributed by atoms with Crippen molar-refractivity contribution in [2.45, 2.75) is 58.2 Å². The first-order chi connectivity index (χ1) is 10.3. The largest absolute Gasteiger partial charge is 0.375 e. The number of unbranched alkanes of at least 4 members (excludes halogenated alkanes) is 2. The number of hydrogen-bond acceptors (Lipinski definition) is 3. The van der Waals surface area contributed by atoms with E-state index in [1.807, 2.05) is 0 Å². The Bertz CT molecular complexity index is 317. The topological polar surface area (TPSA) is 46.1 Å². The van der Waals surface area contributed by atoms with Gasteiger partial charge in [-0.1, -0.05) is 19.8 Å². The van der Waals surface area contributed by atoms with Crippen LogP contribution in [0.25, 0.3) is 0 Å². The van der Waals surface area contributed by atoms with Gasteiger partial charge in [0, 0.05) is 32.8 Å². The van der Waals surface area contributed by atoms with E-state index in [-0.39, 0.29) is 12.2 Å². The van der Waals surface area contributed by atoms with Crippen LogP contribution in [-0.2, 0) is 9.47 Å². The molecule has 2 heterocycles. The monoisotopic (exact) mass is 297 g/mol. The Morgan fingerprint density at radius 1 is 1.19 bits per heavy atom. The fourth-order valence-electron chi connectivity index (χ4n) is 2.96. The molecule has 2 rings (SSSR count). The Labute approximate surface area is 129 Å². The standard InChI is InChI=1S/C16H31N3O2/c1-3-5-6-9-18-16(17-4-2)19-10-12-21-15(13-19)14-8-7-11-20-14/h14-15H,3-13H2,1-2H3,(H,17,18). The molecule has 2 saturated heterocycles. The summed E-state index contributed by atoms with van der Waals surface area (Å²) in [4.78, 5) is 7.11. The number of rotatable bonds is 6. The van der Waals surface area contributed by atoms with Gasteiger partial charge in [-0.2, -0.15) is 0 Å². The van der Waals surface area contributed by atoms with E-state index in [0.29, 0.717) is 0 Å². The maximum Gasteiger partial charge on any atom is 0.194 e. The van der Waals surface area contributed by atoms with Crippen molar-refractivity contribution in [1.82, 2.24) is 10.2 Å². The second-order valence-corrected chi connectivity index (χ2v) is 5.85. The number of nitrogens with zero attached hydrogens (tertiary/aromatic N) is 2.